The first kappa shape index (κ1) is 27.7. The third kappa shape index (κ3) is 6.22. The van der Waals surface area contributed by atoms with Crippen LogP contribution >= 0.6 is 0 Å². The minimum absolute atomic E-state index is 0.0433. The van der Waals surface area contributed by atoms with E-state index in [-0.39, 0.29) is 13.6 Å². The van der Waals surface area contributed by atoms with Crippen molar-refractivity contribution in [2.45, 2.75) is 33.4 Å². The summed E-state index contributed by atoms with van der Waals surface area (Å²) in [7, 11) is 0.0144. The highest BCUT2D eigenvalue weighted by Gasteiger charge is 2.23. The van der Waals surface area contributed by atoms with Crippen molar-refractivity contribution in [3.8, 4) is 22.6 Å². The number of rotatable bonds is 11. The lowest BCUT2D eigenvalue weighted by molar-refractivity contribution is 0.0479. The lowest BCUT2D eigenvalue weighted by Crippen LogP contribution is -2.07. The molecule has 0 aromatic heterocycles. The first-order valence-corrected chi connectivity index (χ1v) is 14.2. The van der Waals surface area contributed by atoms with Gasteiger partial charge in [0.05, 0.1) is 31.4 Å². The summed E-state index contributed by atoms with van der Waals surface area (Å²) in [4.78, 5) is 2.29. The number of methoxy groups -OCH3 is 2. The second-order valence-corrected chi connectivity index (χ2v) is 11.4. The Kier molecular flexibility index (Phi) is 9.47. The molecule has 0 N–H and O–H groups in total. The van der Waals surface area contributed by atoms with Gasteiger partial charge in [-0.2, -0.15) is 0 Å². The zero-order valence-corrected chi connectivity index (χ0v) is 23.4. The molecule has 0 aliphatic rings. The summed E-state index contributed by atoms with van der Waals surface area (Å²) in [6.45, 7) is 3.88. The Balaban J connectivity index is 1.88. The van der Waals surface area contributed by atoms with Gasteiger partial charge < -0.3 is 18.9 Å². The second kappa shape index (κ2) is 13.0. The molecule has 8 heteroatoms. The van der Waals surface area contributed by atoms with Crippen molar-refractivity contribution in [1.82, 2.24) is 0 Å². The molecule has 0 heterocycles. The summed E-state index contributed by atoms with van der Waals surface area (Å²) in [5.74, 6) is 0.794. The van der Waals surface area contributed by atoms with Crippen LogP contribution in [-0.4, -0.2) is 36.2 Å². The van der Waals surface area contributed by atoms with Gasteiger partial charge in [-0.15, -0.1) is 0 Å². The van der Waals surface area contributed by atoms with E-state index in [9.17, 15) is 8.42 Å². The Morgan fingerprint density at radius 2 is 0.921 bits per heavy atom. The van der Waals surface area contributed by atoms with Gasteiger partial charge in [0, 0.05) is 35.1 Å². The predicted molar refractivity (Wildman–Crippen MR) is 149 cm³/mol. The van der Waals surface area contributed by atoms with E-state index >= 15 is 0 Å². The summed E-state index contributed by atoms with van der Waals surface area (Å²) in [6.07, 6.45) is 0. The molecule has 0 spiro atoms. The topological polar surface area (TPSA) is 71.1 Å². The monoisotopic (exact) mass is 550 g/mol. The fourth-order valence-corrected chi connectivity index (χ4v) is 6.21. The summed E-state index contributed by atoms with van der Waals surface area (Å²) in [5, 5.41) is 0. The predicted octanol–water partition coefficient (Wildman–Crippen LogP) is 6.27. The second-order valence-electron chi connectivity index (χ2n) is 8.53. The van der Waals surface area contributed by atoms with Crippen molar-refractivity contribution in [3.05, 3.63) is 96.1 Å². The van der Waals surface area contributed by atoms with Crippen LogP contribution in [0.4, 0.5) is 0 Å². The summed E-state index contributed by atoms with van der Waals surface area (Å²) >= 11 is 0. The molecular weight excluding hydrogens is 520 g/mol. The maximum atomic E-state index is 13.7. The fraction of sp³-hybridized carbons (Fsp3) is 0.200. The smallest absolute Gasteiger partial charge is 0.188 e. The Morgan fingerprint density at radius 1 is 0.553 bits per heavy atom. The zero-order chi connectivity index (χ0) is 27.1. The third-order valence-electron chi connectivity index (χ3n) is 5.76. The highest BCUT2D eigenvalue weighted by atomic mass is 32.2. The van der Waals surface area contributed by atoms with Crippen molar-refractivity contribution >= 4 is 21.6 Å². The average molecular weight is 551 g/mol. The van der Waals surface area contributed by atoms with E-state index < -0.39 is 21.6 Å². The van der Waals surface area contributed by atoms with Crippen molar-refractivity contribution in [1.29, 1.82) is 0 Å². The molecule has 0 bridgehead atoms. The number of hydrogen-bond donors (Lipinski definition) is 0. The molecule has 4 aromatic carbocycles. The fourth-order valence-electron chi connectivity index (χ4n) is 3.86. The van der Waals surface area contributed by atoms with Crippen molar-refractivity contribution in [3.63, 3.8) is 0 Å². The molecule has 0 unspecified atom stereocenters. The van der Waals surface area contributed by atoms with Crippen LogP contribution < -0.4 is 9.47 Å². The molecule has 38 heavy (non-hydrogen) atoms. The molecule has 0 aliphatic carbocycles. The molecule has 6 nitrogen and oxygen atoms in total. The third-order valence-corrected chi connectivity index (χ3v) is 8.60. The summed E-state index contributed by atoms with van der Waals surface area (Å²) in [6, 6.07) is 26.0. The van der Waals surface area contributed by atoms with Crippen molar-refractivity contribution in [2.75, 3.05) is 27.8 Å². The summed E-state index contributed by atoms with van der Waals surface area (Å²) < 4.78 is 49.7. The number of hydrogen-bond acceptors (Lipinski definition) is 6. The minimum Gasteiger partial charge on any atom is -0.466 e. The van der Waals surface area contributed by atoms with Crippen LogP contribution in [0.1, 0.15) is 11.1 Å². The van der Waals surface area contributed by atoms with E-state index in [1.807, 2.05) is 86.6 Å². The van der Waals surface area contributed by atoms with Gasteiger partial charge in [-0.25, -0.2) is 8.42 Å². The molecule has 198 valence electrons. The van der Waals surface area contributed by atoms with E-state index in [1.54, 1.807) is 12.1 Å². The standard InChI is InChI=1S/C30H30O6S2/c1-21-11-15-23(16-12-21)37(31)27-9-5-7-25(29(27)35-19-33-3)26-8-6-10-28(30(26)36-20-34-4)38(32)24-17-13-22(2)14-18-24/h5-18H,19-20H2,1-4H3/t37-,38-/m0/s1. The molecule has 0 fully saturated rings. The van der Waals surface area contributed by atoms with Gasteiger partial charge in [0.2, 0.25) is 0 Å². The zero-order valence-electron chi connectivity index (χ0n) is 21.8. The van der Waals surface area contributed by atoms with Crippen LogP contribution in [0.3, 0.4) is 0 Å². The Hall–Kier alpha value is -3.30. The van der Waals surface area contributed by atoms with Gasteiger partial charge in [-0.05, 0) is 50.2 Å². The molecule has 0 amide bonds. The largest absolute Gasteiger partial charge is 0.466 e. The summed E-state index contributed by atoms with van der Waals surface area (Å²) in [5.41, 5.74) is 3.42. The first-order chi connectivity index (χ1) is 18.4. The van der Waals surface area contributed by atoms with Crippen LogP contribution in [0, 0.1) is 13.8 Å². The maximum Gasteiger partial charge on any atom is 0.188 e. The van der Waals surface area contributed by atoms with Crippen LogP contribution in [0.15, 0.2) is 105 Å². The molecule has 4 rings (SSSR count). The number of ether oxygens (including phenoxy) is 4. The lowest BCUT2D eigenvalue weighted by atomic mass is 10.0. The first-order valence-electron chi connectivity index (χ1n) is 11.9. The molecule has 0 radical (unpaired) electrons. The van der Waals surface area contributed by atoms with Gasteiger partial charge in [0.1, 0.15) is 11.5 Å². The van der Waals surface area contributed by atoms with Crippen LogP contribution in [0.2, 0.25) is 0 Å². The van der Waals surface area contributed by atoms with Gasteiger partial charge in [0.25, 0.3) is 0 Å². The van der Waals surface area contributed by atoms with Gasteiger partial charge >= 0.3 is 0 Å². The van der Waals surface area contributed by atoms with Gasteiger partial charge in [0.15, 0.2) is 13.6 Å². The molecule has 2 atom stereocenters. The average Bonchev–Trinajstić information content (AvgIpc) is 2.94. The van der Waals surface area contributed by atoms with Gasteiger partial charge in [-0.1, -0.05) is 59.7 Å². The van der Waals surface area contributed by atoms with Crippen LogP contribution in [-0.2, 0) is 31.1 Å². The molecule has 0 saturated carbocycles. The van der Waals surface area contributed by atoms with E-state index in [0.29, 0.717) is 42.2 Å². The number of benzene rings is 4. The molecular formula is C30H30O6S2. The normalized spacial score (nSPS) is 12.6. The van der Waals surface area contributed by atoms with E-state index in [1.165, 1.54) is 14.2 Å². The van der Waals surface area contributed by atoms with E-state index in [0.717, 1.165) is 11.1 Å². The van der Waals surface area contributed by atoms with Gasteiger partial charge in [-0.3, -0.25) is 0 Å². The molecule has 0 saturated heterocycles. The van der Waals surface area contributed by atoms with Crippen molar-refractivity contribution in [2.24, 2.45) is 0 Å². The van der Waals surface area contributed by atoms with Crippen molar-refractivity contribution < 1.29 is 27.4 Å². The van der Waals surface area contributed by atoms with E-state index in [4.69, 9.17) is 18.9 Å². The quantitative estimate of drug-likeness (QED) is 0.205. The lowest BCUT2D eigenvalue weighted by Gasteiger charge is -2.19. The minimum atomic E-state index is -1.52. The molecule has 0 aliphatic heterocycles. The Labute approximate surface area is 228 Å². The Morgan fingerprint density at radius 3 is 1.26 bits per heavy atom. The van der Waals surface area contributed by atoms with Crippen LogP contribution in [0.25, 0.3) is 11.1 Å². The maximum absolute atomic E-state index is 13.7. The Bertz CT molecular complexity index is 1320. The SMILES string of the molecule is COCOc1c(-c2cccc([S@@](=O)c3ccc(C)cc3)c2OCOC)cccc1[S@@](=O)c1ccc(C)cc1. The molecule has 4 aromatic rings. The highest BCUT2D eigenvalue weighted by Crippen LogP contribution is 2.43. The van der Waals surface area contributed by atoms with Crippen LogP contribution in [0.5, 0.6) is 11.5 Å². The highest BCUT2D eigenvalue weighted by molar-refractivity contribution is 7.85. The number of aryl methyl sites for hydroxylation is 2. The van der Waals surface area contributed by atoms with E-state index in [2.05, 4.69) is 0 Å². The number of para-hydroxylation sites is 2.